The van der Waals surface area contributed by atoms with E-state index < -0.39 is 0 Å². The van der Waals surface area contributed by atoms with Crippen LogP contribution in [0.3, 0.4) is 0 Å². The highest BCUT2D eigenvalue weighted by Gasteiger charge is 2.19. The first-order valence-corrected chi connectivity index (χ1v) is 6.17. The quantitative estimate of drug-likeness (QED) is 0.848. The molecule has 0 unspecified atom stereocenters. The van der Waals surface area contributed by atoms with E-state index >= 15 is 0 Å². The number of hydrogen-bond donors (Lipinski definition) is 1. The van der Waals surface area contributed by atoms with Crippen molar-refractivity contribution in [1.82, 2.24) is 0 Å². The van der Waals surface area contributed by atoms with Crippen LogP contribution < -0.4 is 10.5 Å². The molecule has 0 aromatic heterocycles. The van der Waals surface area contributed by atoms with E-state index in [9.17, 15) is 0 Å². The average Bonchev–Trinajstić information content (AvgIpc) is 2.33. The highest BCUT2D eigenvalue weighted by atomic mass is 16.5. The van der Waals surface area contributed by atoms with Gasteiger partial charge in [0.1, 0.15) is 5.75 Å². The fraction of sp³-hybridized carbons (Fsp3) is 0.571. The Morgan fingerprint density at radius 1 is 1.19 bits per heavy atom. The molecule has 1 aromatic carbocycles. The summed E-state index contributed by atoms with van der Waals surface area (Å²) in [4.78, 5) is 0. The van der Waals surface area contributed by atoms with Crippen LogP contribution in [0.25, 0.3) is 0 Å². The lowest BCUT2D eigenvalue weighted by molar-refractivity contribution is 0.320. The lowest BCUT2D eigenvalue weighted by Crippen LogP contribution is -2.27. The average molecular weight is 219 g/mol. The molecule has 0 radical (unpaired) electrons. The second-order valence-corrected chi connectivity index (χ2v) is 4.80. The first kappa shape index (κ1) is 11.5. The predicted molar refractivity (Wildman–Crippen MR) is 66.6 cm³/mol. The van der Waals surface area contributed by atoms with Gasteiger partial charge >= 0.3 is 0 Å². The molecule has 1 aliphatic rings. The zero-order valence-electron chi connectivity index (χ0n) is 9.99. The van der Waals surface area contributed by atoms with Crippen LogP contribution in [0.5, 0.6) is 5.75 Å². The number of hydrogen-bond acceptors (Lipinski definition) is 2. The van der Waals surface area contributed by atoms with E-state index in [-0.39, 0.29) is 0 Å². The van der Waals surface area contributed by atoms with E-state index in [1.54, 1.807) is 7.11 Å². The van der Waals surface area contributed by atoms with E-state index in [1.807, 2.05) is 12.1 Å². The molecule has 0 bridgehead atoms. The zero-order valence-corrected chi connectivity index (χ0v) is 9.99. The molecule has 0 spiro atoms. The van der Waals surface area contributed by atoms with Crippen molar-refractivity contribution in [3.05, 3.63) is 29.8 Å². The van der Waals surface area contributed by atoms with E-state index in [2.05, 4.69) is 12.1 Å². The molecule has 1 saturated carbocycles. The maximum atomic E-state index is 5.92. The van der Waals surface area contributed by atoms with Crippen LogP contribution >= 0.6 is 0 Å². The predicted octanol–water partition coefficient (Wildman–Crippen LogP) is 2.76. The van der Waals surface area contributed by atoms with Crippen LogP contribution in [0, 0.1) is 5.92 Å². The number of para-hydroxylation sites is 1. The molecule has 2 rings (SSSR count). The van der Waals surface area contributed by atoms with Gasteiger partial charge in [0.25, 0.3) is 0 Å². The van der Waals surface area contributed by atoms with Crippen molar-refractivity contribution in [3.63, 3.8) is 0 Å². The normalized spacial score (nSPS) is 25.4. The minimum absolute atomic E-state index is 0.439. The van der Waals surface area contributed by atoms with Gasteiger partial charge in [-0.3, -0.25) is 0 Å². The number of ether oxygens (including phenoxy) is 1. The minimum atomic E-state index is 0.439. The van der Waals surface area contributed by atoms with Crippen LogP contribution in [-0.4, -0.2) is 13.2 Å². The van der Waals surface area contributed by atoms with Gasteiger partial charge < -0.3 is 10.5 Å². The van der Waals surface area contributed by atoms with E-state index in [0.717, 1.165) is 18.1 Å². The lowest BCUT2D eigenvalue weighted by atomic mass is 9.82. The Labute approximate surface area is 97.8 Å². The van der Waals surface area contributed by atoms with Crippen LogP contribution in [0.2, 0.25) is 0 Å². The Balaban J connectivity index is 1.98. The van der Waals surface area contributed by atoms with Crippen LogP contribution in [0.4, 0.5) is 0 Å². The Morgan fingerprint density at radius 3 is 2.56 bits per heavy atom. The van der Waals surface area contributed by atoms with Gasteiger partial charge in [-0.1, -0.05) is 18.2 Å². The van der Waals surface area contributed by atoms with Crippen molar-refractivity contribution >= 4 is 0 Å². The Hall–Kier alpha value is -1.02. The SMILES string of the molecule is COc1ccccc1CC1CCC(N)CC1. The molecule has 16 heavy (non-hydrogen) atoms. The highest BCUT2D eigenvalue weighted by Crippen LogP contribution is 2.29. The number of nitrogens with two attached hydrogens (primary N) is 1. The zero-order chi connectivity index (χ0) is 11.4. The summed E-state index contributed by atoms with van der Waals surface area (Å²) in [6.07, 6.45) is 6.02. The molecule has 2 N–H and O–H groups in total. The van der Waals surface area contributed by atoms with Gasteiger partial charge in [0.05, 0.1) is 7.11 Å². The van der Waals surface area contributed by atoms with Gasteiger partial charge in [0, 0.05) is 6.04 Å². The molecule has 0 atom stereocenters. The summed E-state index contributed by atoms with van der Waals surface area (Å²) in [5, 5.41) is 0. The molecular formula is C14H21NO. The molecule has 1 aliphatic carbocycles. The Kier molecular flexibility index (Phi) is 3.83. The molecule has 1 aromatic rings. The fourth-order valence-corrected chi connectivity index (χ4v) is 2.57. The standard InChI is InChI=1S/C14H21NO/c1-16-14-5-3-2-4-12(14)10-11-6-8-13(15)9-7-11/h2-5,11,13H,6-10,15H2,1H3. The third-order valence-electron chi connectivity index (χ3n) is 3.59. The summed E-state index contributed by atoms with van der Waals surface area (Å²) >= 11 is 0. The van der Waals surface area contributed by atoms with Gasteiger partial charge in [-0.05, 0) is 49.7 Å². The molecule has 0 saturated heterocycles. The Bertz CT molecular complexity index is 329. The summed E-state index contributed by atoms with van der Waals surface area (Å²) in [5.41, 5.74) is 7.26. The van der Waals surface area contributed by atoms with Gasteiger partial charge in [-0.15, -0.1) is 0 Å². The van der Waals surface area contributed by atoms with Crippen LogP contribution in [0.15, 0.2) is 24.3 Å². The maximum Gasteiger partial charge on any atom is 0.122 e. The summed E-state index contributed by atoms with van der Waals surface area (Å²) in [6.45, 7) is 0. The van der Waals surface area contributed by atoms with Crippen LogP contribution in [-0.2, 0) is 6.42 Å². The van der Waals surface area contributed by atoms with Gasteiger partial charge in [0.15, 0.2) is 0 Å². The molecule has 88 valence electrons. The molecule has 2 heteroatoms. The first-order valence-electron chi connectivity index (χ1n) is 6.17. The smallest absolute Gasteiger partial charge is 0.122 e. The highest BCUT2D eigenvalue weighted by molar-refractivity contribution is 5.33. The second kappa shape index (κ2) is 5.35. The minimum Gasteiger partial charge on any atom is -0.496 e. The van der Waals surface area contributed by atoms with E-state index in [0.29, 0.717) is 6.04 Å². The first-order chi connectivity index (χ1) is 7.79. The van der Waals surface area contributed by atoms with Crippen molar-refractivity contribution in [2.45, 2.75) is 38.1 Å². The molecule has 2 nitrogen and oxygen atoms in total. The number of benzene rings is 1. The molecule has 0 heterocycles. The largest absolute Gasteiger partial charge is 0.496 e. The van der Waals surface area contributed by atoms with E-state index in [4.69, 9.17) is 10.5 Å². The summed E-state index contributed by atoms with van der Waals surface area (Å²) in [5.74, 6) is 1.81. The topological polar surface area (TPSA) is 35.2 Å². The summed E-state index contributed by atoms with van der Waals surface area (Å²) < 4.78 is 5.38. The molecular weight excluding hydrogens is 198 g/mol. The lowest BCUT2D eigenvalue weighted by Gasteiger charge is -2.26. The monoisotopic (exact) mass is 219 g/mol. The van der Waals surface area contributed by atoms with Crippen LogP contribution in [0.1, 0.15) is 31.2 Å². The van der Waals surface area contributed by atoms with Crippen molar-refractivity contribution in [2.75, 3.05) is 7.11 Å². The van der Waals surface area contributed by atoms with Crippen molar-refractivity contribution in [1.29, 1.82) is 0 Å². The number of methoxy groups -OCH3 is 1. The maximum absolute atomic E-state index is 5.92. The van der Waals surface area contributed by atoms with Crippen molar-refractivity contribution in [3.8, 4) is 5.75 Å². The van der Waals surface area contributed by atoms with Crippen molar-refractivity contribution < 1.29 is 4.74 Å². The summed E-state index contributed by atoms with van der Waals surface area (Å²) in [7, 11) is 1.75. The summed E-state index contributed by atoms with van der Waals surface area (Å²) in [6, 6.07) is 8.77. The van der Waals surface area contributed by atoms with Crippen molar-refractivity contribution in [2.24, 2.45) is 11.7 Å². The fourth-order valence-electron chi connectivity index (χ4n) is 2.57. The third kappa shape index (κ3) is 2.76. The number of rotatable bonds is 3. The third-order valence-corrected chi connectivity index (χ3v) is 3.59. The van der Waals surface area contributed by atoms with Gasteiger partial charge in [-0.25, -0.2) is 0 Å². The van der Waals surface area contributed by atoms with Gasteiger partial charge in [-0.2, -0.15) is 0 Å². The molecule has 1 fully saturated rings. The molecule has 0 aliphatic heterocycles. The van der Waals surface area contributed by atoms with Gasteiger partial charge in [0.2, 0.25) is 0 Å². The van der Waals surface area contributed by atoms with E-state index in [1.165, 1.54) is 31.2 Å². The molecule has 0 amide bonds. The Morgan fingerprint density at radius 2 is 1.88 bits per heavy atom. The second-order valence-electron chi connectivity index (χ2n) is 4.80.